The lowest BCUT2D eigenvalue weighted by Crippen LogP contribution is -2.38. The van der Waals surface area contributed by atoms with E-state index in [1.54, 1.807) is 0 Å². The van der Waals surface area contributed by atoms with Crippen LogP contribution in [-0.2, 0) is 9.59 Å². The number of carbonyl (C=O) groups excluding carboxylic acids is 1. The standard InChI is InChI=1S/C14H26O4/c1-6-13(3,4)9-14(5,7-2)11(16)8-10(15)12(17)18/h11,16H,6-9H2,1-5H3,(H,17,18). The summed E-state index contributed by atoms with van der Waals surface area (Å²) in [6.07, 6.45) is 1.24. The monoisotopic (exact) mass is 258 g/mol. The van der Waals surface area contributed by atoms with Crippen molar-refractivity contribution in [3.63, 3.8) is 0 Å². The number of carbonyl (C=O) groups is 2. The number of hydrogen-bond acceptors (Lipinski definition) is 3. The maximum atomic E-state index is 11.2. The van der Waals surface area contributed by atoms with Gasteiger partial charge < -0.3 is 10.2 Å². The molecule has 0 aliphatic carbocycles. The quantitative estimate of drug-likeness (QED) is 0.656. The van der Waals surface area contributed by atoms with Crippen LogP contribution in [-0.4, -0.2) is 28.1 Å². The number of carboxylic acids is 1. The molecule has 0 rings (SSSR count). The summed E-state index contributed by atoms with van der Waals surface area (Å²) in [5, 5.41) is 18.7. The van der Waals surface area contributed by atoms with Crippen molar-refractivity contribution in [1.29, 1.82) is 0 Å². The van der Waals surface area contributed by atoms with Crippen LogP contribution in [0.1, 0.15) is 60.3 Å². The Kier molecular flexibility index (Phi) is 6.00. The van der Waals surface area contributed by atoms with E-state index in [1.807, 2.05) is 13.8 Å². The van der Waals surface area contributed by atoms with Crippen LogP contribution < -0.4 is 0 Å². The summed E-state index contributed by atoms with van der Waals surface area (Å²) < 4.78 is 0. The van der Waals surface area contributed by atoms with Crippen LogP contribution in [0.3, 0.4) is 0 Å². The molecule has 106 valence electrons. The average Bonchev–Trinajstić information content (AvgIpc) is 2.27. The first kappa shape index (κ1) is 17.1. The molecular weight excluding hydrogens is 232 g/mol. The average molecular weight is 258 g/mol. The highest BCUT2D eigenvalue weighted by atomic mass is 16.4. The molecule has 0 aromatic carbocycles. The van der Waals surface area contributed by atoms with Gasteiger partial charge in [0.1, 0.15) is 0 Å². The fourth-order valence-electron chi connectivity index (χ4n) is 2.21. The molecule has 2 unspecified atom stereocenters. The zero-order valence-corrected chi connectivity index (χ0v) is 12.1. The number of rotatable bonds is 8. The van der Waals surface area contributed by atoms with Crippen molar-refractivity contribution in [3.05, 3.63) is 0 Å². The van der Waals surface area contributed by atoms with Gasteiger partial charge in [0, 0.05) is 6.42 Å². The van der Waals surface area contributed by atoms with Gasteiger partial charge in [0.2, 0.25) is 5.78 Å². The Morgan fingerprint density at radius 3 is 1.94 bits per heavy atom. The van der Waals surface area contributed by atoms with E-state index in [-0.39, 0.29) is 11.8 Å². The van der Waals surface area contributed by atoms with Crippen LogP contribution in [0, 0.1) is 10.8 Å². The largest absolute Gasteiger partial charge is 0.475 e. The Bertz CT molecular complexity index is 309. The predicted molar refractivity (Wildman–Crippen MR) is 70.4 cm³/mol. The summed E-state index contributed by atoms with van der Waals surface area (Å²) in [5.74, 6) is -2.39. The summed E-state index contributed by atoms with van der Waals surface area (Å²) in [7, 11) is 0. The molecular formula is C14H26O4. The summed E-state index contributed by atoms with van der Waals surface area (Å²) >= 11 is 0. The first-order valence-electron chi connectivity index (χ1n) is 6.52. The second-order valence-corrected chi connectivity index (χ2v) is 6.15. The van der Waals surface area contributed by atoms with Crippen LogP contribution in [0.5, 0.6) is 0 Å². The van der Waals surface area contributed by atoms with E-state index in [0.29, 0.717) is 6.42 Å². The molecule has 18 heavy (non-hydrogen) atoms. The molecule has 2 atom stereocenters. The van der Waals surface area contributed by atoms with Gasteiger partial charge in [-0.3, -0.25) is 4.79 Å². The van der Waals surface area contributed by atoms with Crippen molar-refractivity contribution in [2.45, 2.75) is 66.4 Å². The summed E-state index contributed by atoms with van der Waals surface area (Å²) in [6, 6.07) is 0. The number of hydrogen-bond donors (Lipinski definition) is 2. The fraction of sp³-hybridized carbons (Fsp3) is 0.857. The number of Topliss-reactive ketones (excluding diaryl/α,β-unsaturated/α-hetero) is 1. The number of ketones is 1. The zero-order valence-electron chi connectivity index (χ0n) is 12.1. The first-order valence-corrected chi connectivity index (χ1v) is 6.52. The van der Waals surface area contributed by atoms with Crippen LogP contribution in [0.25, 0.3) is 0 Å². The molecule has 0 fully saturated rings. The van der Waals surface area contributed by atoms with E-state index < -0.39 is 23.3 Å². The molecule has 0 amide bonds. The zero-order chi connectivity index (χ0) is 14.6. The van der Waals surface area contributed by atoms with Gasteiger partial charge in [0.05, 0.1) is 6.10 Å². The summed E-state index contributed by atoms with van der Waals surface area (Å²) in [4.78, 5) is 21.7. The SMILES string of the molecule is CCC(C)(C)CC(C)(CC)C(O)CC(=O)C(=O)O. The number of aliphatic carboxylic acids is 1. The summed E-state index contributed by atoms with van der Waals surface area (Å²) in [5.41, 5.74) is -0.359. The number of carboxylic acid groups (broad SMARTS) is 1. The lowest BCUT2D eigenvalue weighted by atomic mass is 9.67. The van der Waals surface area contributed by atoms with Gasteiger partial charge >= 0.3 is 5.97 Å². The normalized spacial score (nSPS) is 17.0. The van der Waals surface area contributed by atoms with Crippen molar-refractivity contribution in [3.8, 4) is 0 Å². The minimum absolute atomic E-state index is 0.0675. The minimum Gasteiger partial charge on any atom is -0.475 e. The minimum atomic E-state index is -1.47. The Balaban J connectivity index is 4.83. The molecule has 0 heterocycles. The van der Waals surface area contributed by atoms with Gasteiger partial charge in [-0.1, -0.05) is 41.0 Å². The Hall–Kier alpha value is -0.900. The second kappa shape index (κ2) is 6.32. The van der Waals surface area contributed by atoms with Crippen LogP contribution in [0.2, 0.25) is 0 Å². The lowest BCUT2D eigenvalue weighted by Gasteiger charge is -2.39. The van der Waals surface area contributed by atoms with E-state index in [1.165, 1.54) is 0 Å². The molecule has 0 saturated carbocycles. The predicted octanol–water partition coefficient (Wildman–Crippen LogP) is 2.63. The van der Waals surface area contributed by atoms with Gasteiger partial charge in [-0.25, -0.2) is 4.79 Å². The first-order chi connectivity index (χ1) is 8.08. The number of aliphatic hydroxyl groups excluding tert-OH is 1. The molecule has 0 spiro atoms. The van der Waals surface area contributed by atoms with Gasteiger partial charge in [-0.2, -0.15) is 0 Å². The third kappa shape index (κ3) is 4.77. The van der Waals surface area contributed by atoms with E-state index >= 15 is 0 Å². The maximum Gasteiger partial charge on any atom is 0.372 e. The van der Waals surface area contributed by atoms with E-state index in [4.69, 9.17) is 5.11 Å². The molecule has 0 aromatic rings. The van der Waals surface area contributed by atoms with Crippen molar-refractivity contribution in [2.24, 2.45) is 10.8 Å². The molecule has 0 aromatic heterocycles. The lowest BCUT2D eigenvalue weighted by molar-refractivity contribution is -0.151. The Morgan fingerprint density at radius 2 is 1.61 bits per heavy atom. The van der Waals surface area contributed by atoms with E-state index in [2.05, 4.69) is 20.8 Å². The topological polar surface area (TPSA) is 74.6 Å². The van der Waals surface area contributed by atoms with E-state index in [9.17, 15) is 14.7 Å². The highest BCUT2D eigenvalue weighted by Gasteiger charge is 2.38. The van der Waals surface area contributed by atoms with Crippen molar-refractivity contribution < 1.29 is 19.8 Å². The highest BCUT2D eigenvalue weighted by molar-refractivity contribution is 6.32. The number of aliphatic hydroxyl groups is 1. The second-order valence-electron chi connectivity index (χ2n) is 6.15. The fourth-order valence-corrected chi connectivity index (χ4v) is 2.21. The van der Waals surface area contributed by atoms with Gasteiger partial charge in [0.15, 0.2) is 0 Å². The van der Waals surface area contributed by atoms with Gasteiger partial charge in [0.25, 0.3) is 0 Å². The van der Waals surface area contributed by atoms with Gasteiger partial charge in [-0.15, -0.1) is 0 Å². The maximum absolute atomic E-state index is 11.2. The van der Waals surface area contributed by atoms with Crippen molar-refractivity contribution in [1.82, 2.24) is 0 Å². The molecule has 0 saturated heterocycles. The summed E-state index contributed by atoms with van der Waals surface area (Å²) in [6.45, 7) is 10.2. The highest BCUT2D eigenvalue weighted by Crippen LogP contribution is 2.41. The molecule has 0 radical (unpaired) electrons. The van der Waals surface area contributed by atoms with Crippen LogP contribution >= 0.6 is 0 Å². The van der Waals surface area contributed by atoms with Crippen molar-refractivity contribution >= 4 is 11.8 Å². The Labute approximate surface area is 109 Å². The van der Waals surface area contributed by atoms with Gasteiger partial charge in [-0.05, 0) is 23.7 Å². The van der Waals surface area contributed by atoms with E-state index in [0.717, 1.165) is 12.8 Å². The Morgan fingerprint density at radius 1 is 1.11 bits per heavy atom. The smallest absolute Gasteiger partial charge is 0.372 e. The molecule has 0 aliphatic rings. The molecule has 2 N–H and O–H groups in total. The van der Waals surface area contributed by atoms with Crippen molar-refractivity contribution in [2.75, 3.05) is 0 Å². The van der Waals surface area contributed by atoms with Crippen LogP contribution in [0.15, 0.2) is 0 Å². The van der Waals surface area contributed by atoms with Crippen LogP contribution in [0.4, 0.5) is 0 Å². The molecule has 4 nitrogen and oxygen atoms in total. The molecule has 4 heteroatoms. The third-order valence-electron chi connectivity index (χ3n) is 4.07. The molecule has 0 aliphatic heterocycles. The molecule has 0 bridgehead atoms. The third-order valence-corrected chi connectivity index (χ3v) is 4.07.